The minimum absolute atomic E-state index is 0.0562. The van der Waals surface area contributed by atoms with E-state index in [1.54, 1.807) is 0 Å². The summed E-state index contributed by atoms with van der Waals surface area (Å²) in [4.78, 5) is 24.4. The lowest BCUT2D eigenvalue weighted by Crippen LogP contribution is -2.28. The van der Waals surface area contributed by atoms with Gasteiger partial charge in [-0.05, 0) is 12.8 Å². The largest absolute Gasteiger partial charge is 0.462 e. The number of aliphatic hydroxyl groups excluding tert-OH is 1. The minimum Gasteiger partial charge on any atom is -0.462 e. The van der Waals surface area contributed by atoms with Gasteiger partial charge in [0.15, 0.2) is 6.10 Å². The molecule has 1 unspecified atom stereocenters. The van der Waals surface area contributed by atoms with Crippen molar-refractivity contribution in [1.82, 2.24) is 0 Å². The molecule has 0 bridgehead atoms. The fourth-order valence-corrected chi connectivity index (χ4v) is 8.91. The molecule has 0 amide bonds. The van der Waals surface area contributed by atoms with Gasteiger partial charge in [-0.25, -0.2) is 0 Å². The van der Waals surface area contributed by atoms with Gasteiger partial charge in [0, 0.05) is 12.8 Å². The van der Waals surface area contributed by atoms with Crippen LogP contribution >= 0.6 is 0 Å². The van der Waals surface area contributed by atoms with Gasteiger partial charge in [0.05, 0.1) is 6.61 Å². The van der Waals surface area contributed by atoms with Crippen LogP contribution < -0.4 is 0 Å². The second kappa shape index (κ2) is 53.2. The third-order valence-corrected chi connectivity index (χ3v) is 13.2. The van der Waals surface area contributed by atoms with E-state index in [2.05, 4.69) is 13.8 Å². The summed E-state index contributed by atoms with van der Waals surface area (Å²) in [6, 6.07) is 0. The molecule has 5 heteroatoms. The third kappa shape index (κ3) is 51.4. The van der Waals surface area contributed by atoms with Crippen LogP contribution in [0.5, 0.6) is 0 Å². The van der Waals surface area contributed by atoms with Gasteiger partial charge in [0.1, 0.15) is 6.61 Å². The number of carbonyl (C=O) groups is 2. The minimum atomic E-state index is -0.763. The van der Waals surface area contributed by atoms with Gasteiger partial charge in [-0.15, -0.1) is 0 Å². The maximum absolute atomic E-state index is 12.3. The Morgan fingerprint density at radius 2 is 0.508 bits per heavy atom. The van der Waals surface area contributed by atoms with Crippen molar-refractivity contribution in [3.63, 3.8) is 0 Å². The second-order valence-corrected chi connectivity index (χ2v) is 19.4. The molecule has 5 nitrogen and oxygen atoms in total. The number of hydrogen-bond donors (Lipinski definition) is 1. The van der Waals surface area contributed by atoms with Gasteiger partial charge in [-0.1, -0.05) is 303 Å². The van der Waals surface area contributed by atoms with Gasteiger partial charge in [-0.2, -0.15) is 0 Å². The van der Waals surface area contributed by atoms with Crippen molar-refractivity contribution in [3.8, 4) is 0 Å². The van der Waals surface area contributed by atoms with Crippen molar-refractivity contribution < 1.29 is 24.2 Å². The molecule has 0 fully saturated rings. The van der Waals surface area contributed by atoms with Gasteiger partial charge in [-0.3, -0.25) is 9.59 Å². The number of ether oxygens (including phenoxy) is 2. The molecule has 0 aromatic heterocycles. The molecule has 0 aromatic rings. The third-order valence-electron chi connectivity index (χ3n) is 13.2. The summed E-state index contributed by atoms with van der Waals surface area (Å²) in [5, 5.41) is 9.62. The van der Waals surface area contributed by atoms with Crippen molar-refractivity contribution in [2.24, 2.45) is 0 Å². The number of rotatable bonds is 53. The van der Waals surface area contributed by atoms with Crippen LogP contribution in [0.15, 0.2) is 0 Å². The molecule has 0 heterocycles. The van der Waals surface area contributed by atoms with Gasteiger partial charge < -0.3 is 14.6 Å². The van der Waals surface area contributed by atoms with Crippen LogP contribution in [0.4, 0.5) is 0 Å². The van der Waals surface area contributed by atoms with E-state index in [1.165, 1.54) is 270 Å². The molecule has 0 radical (unpaired) electrons. The lowest BCUT2D eigenvalue weighted by Gasteiger charge is -2.15. The SMILES string of the molecule is CCCCCCCCCCCCCCCCCCCCCCCCCCCCCCCCCCCC(=O)OC(CO)COC(=O)CCCCCCCCCCCCCCCC. The van der Waals surface area contributed by atoms with Crippen LogP contribution in [-0.2, 0) is 19.1 Å². The zero-order valence-electron chi connectivity index (χ0n) is 41.7. The predicted molar refractivity (Wildman–Crippen MR) is 266 cm³/mol. The van der Waals surface area contributed by atoms with Crippen LogP contribution in [0.3, 0.4) is 0 Å². The smallest absolute Gasteiger partial charge is 0.306 e. The maximum Gasteiger partial charge on any atom is 0.306 e. The first kappa shape index (κ1) is 59.9. The highest BCUT2D eigenvalue weighted by Crippen LogP contribution is 2.18. The molecule has 0 spiro atoms. The van der Waals surface area contributed by atoms with E-state index in [0.717, 1.165) is 32.1 Å². The lowest BCUT2D eigenvalue weighted by atomic mass is 10.0. The van der Waals surface area contributed by atoms with Crippen molar-refractivity contribution in [2.75, 3.05) is 13.2 Å². The molecule has 0 aromatic carbocycles. The van der Waals surface area contributed by atoms with Crippen molar-refractivity contribution in [1.29, 1.82) is 0 Å². The van der Waals surface area contributed by atoms with Crippen LogP contribution in [0.2, 0.25) is 0 Å². The molecule has 364 valence electrons. The topological polar surface area (TPSA) is 72.8 Å². The molecule has 0 aliphatic heterocycles. The Morgan fingerprint density at radius 1 is 0.311 bits per heavy atom. The average molecular weight is 863 g/mol. The molecular formula is C56H110O5. The first-order chi connectivity index (χ1) is 30.1. The zero-order chi connectivity index (χ0) is 44.2. The lowest BCUT2D eigenvalue weighted by molar-refractivity contribution is -0.161. The first-order valence-electron chi connectivity index (χ1n) is 28.1. The maximum atomic E-state index is 12.3. The number of aliphatic hydroxyl groups is 1. The number of hydrogen-bond acceptors (Lipinski definition) is 5. The molecule has 1 N–H and O–H groups in total. The Labute approximate surface area is 382 Å². The number of unbranched alkanes of at least 4 members (excludes halogenated alkanes) is 45. The van der Waals surface area contributed by atoms with Gasteiger partial charge >= 0.3 is 11.9 Å². The summed E-state index contributed by atoms with van der Waals surface area (Å²) >= 11 is 0. The van der Waals surface area contributed by atoms with Crippen molar-refractivity contribution in [3.05, 3.63) is 0 Å². The van der Waals surface area contributed by atoms with Crippen LogP contribution in [0.1, 0.15) is 328 Å². The summed E-state index contributed by atoms with van der Waals surface area (Å²) in [7, 11) is 0. The highest BCUT2D eigenvalue weighted by atomic mass is 16.6. The predicted octanol–water partition coefficient (Wildman–Crippen LogP) is 18.6. The molecule has 0 aliphatic rings. The van der Waals surface area contributed by atoms with Gasteiger partial charge in [0.2, 0.25) is 0 Å². The van der Waals surface area contributed by atoms with Crippen molar-refractivity contribution >= 4 is 11.9 Å². The molecule has 0 saturated heterocycles. The summed E-state index contributed by atoms with van der Waals surface area (Å²) in [6.45, 7) is 4.19. The van der Waals surface area contributed by atoms with Crippen LogP contribution in [0.25, 0.3) is 0 Å². The van der Waals surface area contributed by atoms with E-state index in [0.29, 0.717) is 12.8 Å². The van der Waals surface area contributed by atoms with E-state index in [-0.39, 0.29) is 25.2 Å². The summed E-state index contributed by atoms with van der Waals surface area (Å²) < 4.78 is 10.7. The summed E-state index contributed by atoms with van der Waals surface area (Å²) in [5.74, 6) is -0.567. The molecule has 0 saturated carbocycles. The van der Waals surface area contributed by atoms with E-state index >= 15 is 0 Å². The Bertz CT molecular complexity index is 845. The van der Waals surface area contributed by atoms with E-state index in [9.17, 15) is 14.7 Å². The van der Waals surface area contributed by atoms with E-state index in [4.69, 9.17) is 9.47 Å². The summed E-state index contributed by atoms with van der Waals surface area (Å²) in [6.07, 6.45) is 63.8. The molecular weight excluding hydrogens is 753 g/mol. The van der Waals surface area contributed by atoms with E-state index in [1.807, 2.05) is 0 Å². The first-order valence-corrected chi connectivity index (χ1v) is 28.1. The van der Waals surface area contributed by atoms with E-state index < -0.39 is 6.10 Å². The fraction of sp³-hybridized carbons (Fsp3) is 0.964. The highest BCUT2D eigenvalue weighted by Gasteiger charge is 2.16. The van der Waals surface area contributed by atoms with Crippen LogP contribution in [0, 0.1) is 0 Å². The molecule has 1 atom stereocenters. The quantitative estimate of drug-likeness (QED) is 0.0487. The molecule has 0 rings (SSSR count). The summed E-state index contributed by atoms with van der Waals surface area (Å²) in [5.41, 5.74) is 0. The monoisotopic (exact) mass is 863 g/mol. The normalized spacial score (nSPS) is 12.0. The Morgan fingerprint density at radius 3 is 0.721 bits per heavy atom. The highest BCUT2D eigenvalue weighted by molar-refractivity contribution is 5.70. The number of esters is 2. The van der Waals surface area contributed by atoms with Crippen LogP contribution in [-0.4, -0.2) is 36.4 Å². The molecule has 0 aliphatic carbocycles. The second-order valence-electron chi connectivity index (χ2n) is 19.4. The zero-order valence-corrected chi connectivity index (χ0v) is 41.7. The Balaban J connectivity index is 3.35. The Hall–Kier alpha value is -1.10. The molecule has 61 heavy (non-hydrogen) atoms. The fourth-order valence-electron chi connectivity index (χ4n) is 8.91. The standard InChI is InChI=1S/C56H110O5/c1-3-5-7-9-11-13-15-17-19-20-21-22-23-24-25-26-27-28-29-30-31-32-33-34-35-36-37-39-41-43-45-47-49-51-56(59)61-54(52-57)53-60-55(58)50-48-46-44-42-40-38-18-16-14-12-10-8-6-4-2/h54,57H,3-53H2,1-2H3. The van der Waals surface area contributed by atoms with Crippen molar-refractivity contribution in [2.45, 2.75) is 335 Å². The van der Waals surface area contributed by atoms with Gasteiger partial charge in [0.25, 0.3) is 0 Å². The Kier molecular flexibility index (Phi) is 52.3. The number of carbonyl (C=O) groups excluding carboxylic acids is 2. The average Bonchev–Trinajstić information content (AvgIpc) is 3.26.